The van der Waals surface area contributed by atoms with Gasteiger partial charge in [0.1, 0.15) is 0 Å². The maximum Gasteiger partial charge on any atom is 0.224 e. The number of thiazole rings is 1. The van der Waals surface area contributed by atoms with E-state index in [9.17, 15) is 13.2 Å². The van der Waals surface area contributed by atoms with Gasteiger partial charge in [0.25, 0.3) is 0 Å². The Morgan fingerprint density at radius 1 is 1.33 bits per heavy atom. The van der Waals surface area contributed by atoms with Crippen LogP contribution >= 0.6 is 11.3 Å². The Balaban J connectivity index is 2.09. The molecule has 21 heavy (non-hydrogen) atoms. The van der Waals surface area contributed by atoms with Crippen LogP contribution < -0.4 is 5.32 Å². The summed E-state index contributed by atoms with van der Waals surface area (Å²) in [4.78, 5) is 15.3. The predicted molar refractivity (Wildman–Crippen MR) is 82.3 cm³/mol. The van der Waals surface area contributed by atoms with Crippen molar-refractivity contribution in [2.45, 2.75) is 24.7 Å². The molecule has 112 valence electrons. The van der Waals surface area contributed by atoms with Gasteiger partial charge in [0, 0.05) is 17.2 Å². The fourth-order valence-electron chi connectivity index (χ4n) is 1.58. The van der Waals surface area contributed by atoms with Gasteiger partial charge in [-0.3, -0.25) is 4.79 Å². The fraction of sp³-hybridized carbons (Fsp3) is 0.231. The van der Waals surface area contributed by atoms with Crippen molar-refractivity contribution in [1.82, 2.24) is 4.98 Å². The van der Waals surface area contributed by atoms with E-state index in [2.05, 4.69) is 15.0 Å². The van der Waals surface area contributed by atoms with Gasteiger partial charge < -0.3 is 15.0 Å². The van der Waals surface area contributed by atoms with E-state index in [1.165, 1.54) is 30.5 Å². The molecule has 8 heteroatoms. The lowest BCUT2D eigenvalue weighted by Crippen LogP contribution is -2.10. The van der Waals surface area contributed by atoms with Crippen LogP contribution in [0.15, 0.2) is 40.7 Å². The number of nitrogens with zero attached hydrogens (tertiary/aromatic N) is 2. The van der Waals surface area contributed by atoms with Crippen LogP contribution in [0.4, 0.5) is 10.8 Å². The first-order valence-electron chi connectivity index (χ1n) is 6.28. The summed E-state index contributed by atoms with van der Waals surface area (Å²) in [6.45, 7) is 1.91. The molecular weight excluding hydrogens is 310 g/mol. The quantitative estimate of drug-likeness (QED) is 0.883. The number of amides is 1. The first-order valence-corrected chi connectivity index (χ1v) is 8.60. The molecule has 1 aromatic carbocycles. The van der Waals surface area contributed by atoms with E-state index in [1.807, 2.05) is 6.92 Å². The van der Waals surface area contributed by atoms with E-state index in [1.54, 1.807) is 5.38 Å². The van der Waals surface area contributed by atoms with Crippen molar-refractivity contribution < 1.29 is 13.2 Å². The van der Waals surface area contributed by atoms with E-state index >= 15 is 0 Å². The summed E-state index contributed by atoms with van der Waals surface area (Å²) in [6.07, 6.45) is 2.68. The zero-order valence-electron chi connectivity index (χ0n) is 11.3. The summed E-state index contributed by atoms with van der Waals surface area (Å²) in [6, 6.07) is 5.90. The van der Waals surface area contributed by atoms with Crippen molar-refractivity contribution in [3.05, 3.63) is 40.6 Å². The Hall–Kier alpha value is -1.93. The number of hydrogen-bond donors (Lipinski definition) is 1. The third-order valence-corrected chi connectivity index (χ3v) is 4.59. The largest absolute Gasteiger partial charge is 0.433 e. The molecule has 0 unspecified atom stereocenters. The first kappa shape index (κ1) is 15.5. The summed E-state index contributed by atoms with van der Waals surface area (Å²) >= 11 is 1.15. The van der Waals surface area contributed by atoms with Crippen molar-refractivity contribution in [2.75, 3.05) is 5.32 Å². The van der Waals surface area contributed by atoms with Gasteiger partial charge in [-0.15, -0.1) is 0 Å². The average molecular weight is 324 g/mol. The van der Waals surface area contributed by atoms with Crippen LogP contribution in [-0.4, -0.2) is 19.3 Å². The van der Waals surface area contributed by atoms with Crippen LogP contribution in [0, 0.1) is 0 Å². The molecule has 0 saturated heterocycles. The normalized spacial score (nSPS) is 11.1. The van der Waals surface area contributed by atoms with Crippen LogP contribution in [0.5, 0.6) is 0 Å². The second-order valence-corrected chi connectivity index (χ2v) is 6.68. The van der Waals surface area contributed by atoms with Gasteiger partial charge in [-0.1, -0.05) is 13.1 Å². The zero-order chi connectivity index (χ0) is 15.3. The van der Waals surface area contributed by atoms with Gasteiger partial charge in [-0.05, 0) is 36.1 Å². The number of nitrogens with one attached hydrogen (secondary N) is 1. The Morgan fingerprint density at radius 3 is 2.62 bits per heavy atom. The molecule has 0 radical (unpaired) electrons. The molecule has 2 rings (SSSR count). The summed E-state index contributed by atoms with van der Waals surface area (Å²) in [5.74, 6) is -0.0967. The lowest BCUT2D eigenvalue weighted by molar-refractivity contribution is -0.116. The Labute approximate surface area is 127 Å². The highest BCUT2D eigenvalue weighted by molar-refractivity contribution is 7.94. The van der Waals surface area contributed by atoms with Crippen molar-refractivity contribution in [3.8, 4) is 0 Å². The van der Waals surface area contributed by atoms with E-state index in [0.29, 0.717) is 12.1 Å². The predicted octanol–water partition coefficient (Wildman–Crippen LogP) is 3.28. The van der Waals surface area contributed by atoms with Gasteiger partial charge in [-0.2, -0.15) is 11.3 Å². The lowest BCUT2D eigenvalue weighted by Gasteiger charge is -2.12. The first-order chi connectivity index (χ1) is 10.0. The van der Waals surface area contributed by atoms with Crippen molar-refractivity contribution in [2.24, 2.45) is 0 Å². The topological polar surface area (TPSA) is 90.2 Å². The van der Waals surface area contributed by atoms with Crippen LogP contribution in [0.3, 0.4) is 0 Å². The smallest absolute Gasteiger partial charge is 0.224 e. The highest BCUT2D eigenvalue weighted by Crippen LogP contribution is 2.29. The zero-order valence-corrected chi connectivity index (χ0v) is 12.9. The van der Waals surface area contributed by atoms with Crippen molar-refractivity contribution in [1.29, 1.82) is 0 Å². The molecule has 0 saturated carbocycles. The molecule has 0 bridgehead atoms. The molecule has 0 atom stereocenters. The Kier molecular flexibility index (Phi) is 4.92. The van der Waals surface area contributed by atoms with Gasteiger partial charge in [0.15, 0.2) is 0 Å². The molecule has 1 N–H and O–H groups in total. The van der Waals surface area contributed by atoms with E-state index in [0.717, 1.165) is 17.8 Å². The molecule has 0 aliphatic carbocycles. The van der Waals surface area contributed by atoms with Crippen LogP contribution in [0.1, 0.15) is 19.8 Å². The summed E-state index contributed by atoms with van der Waals surface area (Å²) < 4.78 is 27.7. The number of aromatic nitrogens is 1. The minimum Gasteiger partial charge on any atom is -0.433 e. The maximum atomic E-state index is 12.0. The standard InChI is InChI=1S/C13H15N3O3S2/c1-2-3-12(17)15-10-4-6-11(7-5-10)21(18,19)16-13-14-8-9-20-13/h4-9H,2-3H2,1H3,(H2,14,15,16,17)/p-1. The Bertz CT molecular complexity index is 695. The fourth-order valence-corrected chi connectivity index (χ4v) is 3.25. The van der Waals surface area contributed by atoms with Crippen molar-refractivity contribution >= 4 is 38.1 Å². The number of anilines is 1. The van der Waals surface area contributed by atoms with Crippen LogP contribution in [0.2, 0.25) is 0 Å². The lowest BCUT2D eigenvalue weighted by atomic mass is 10.3. The molecule has 2 aromatic rings. The third kappa shape index (κ3) is 4.27. The average Bonchev–Trinajstić information content (AvgIpc) is 2.91. The van der Waals surface area contributed by atoms with E-state index in [4.69, 9.17) is 0 Å². The maximum absolute atomic E-state index is 12.0. The SMILES string of the molecule is CCCC(=O)Nc1ccc(S(=O)(=O)[N-]c2nccs2)cc1. The molecular formula is C13H14N3O3S2-. The number of carbonyl (C=O) groups excluding carboxylic acids is 1. The summed E-state index contributed by atoms with van der Waals surface area (Å²) in [5, 5.41) is 4.54. The van der Waals surface area contributed by atoms with Crippen molar-refractivity contribution in [3.63, 3.8) is 0 Å². The minimum absolute atomic E-state index is 0.0613. The number of rotatable bonds is 6. The van der Waals surface area contributed by atoms with E-state index in [-0.39, 0.29) is 15.9 Å². The van der Waals surface area contributed by atoms with Crippen LogP contribution in [0.25, 0.3) is 4.72 Å². The highest BCUT2D eigenvalue weighted by Gasteiger charge is 2.10. The monoisotopic (exact) mass is 324 g/mol. The van der Waals surface area contributed by atoms with Gasteiger partial charge >= 0.3 is 0 Å². The molecule has 0 spiro atoms. The molecule has 1 heterocycles. The molecule has 1 amide bonds. The summed E-state index contributed by atoms with van der Waals surface area (Å²) in [5.41, 5.74) is 0.557. The second-order valence-electron chi connectivity index (χ2n) is 4.20. The molecule has 1 aromatic heterocycles. The number of sulfonamides is 1. The third-order valence-electron chi connectivity index (χ3n) is 2.53. The number of hydrogen-bond acceptors (Lipinski definition) is 5. The van der Waals surface area contributed by atoms with Crippen LogP contribution in [-0.2, 0) is 14.8 Å². The van der Waals surface area contributed by atoms with Gasteiger partial charge in [-0.25, -0.2) is 8.42 Å². The molecule has 6 nitrogen and oxygen atoms in total. The second kappa shape index (κ2) is 6.68. The highest BCUT2D eigenvalue weighted by atomic mass is 32.2. The number of benzene rings is 1. The number of carbonyl (C=O) groups is 1. The minimum atomic E-state index is -3.78. The Morgan fingerprint density at radius 2 is 2.05 bits per heavy atom. The van der Waals surface area contributed by atoms with Gasteiger partial charge in [0.05, 0.1) is 4.90 Å². The molecule has 0 aliphatic heterocycles. The molecule has 0 aliphatic rings. The molecule has 0 fully saturated rings. The van der Waals surface area contributed by atoms with E-state index < -0.39 is 10.0 Å². The van der Waals surface area contributed by atoms with Gasteiger partial charge in [0.2, 0.25) is 15.9 Å². The summed E-state index contributed by atoms with van der Waals surface area (Å²) in [7, 11) is -3.78.